The van der Waals surface area contributed by atoms with Crippen LogP contribution in [0.1, 0.15) is 30.1 Å². The van der Waals surface area contributed by atoms with E-state index in [9.17, 15) is 14.9 Å². The number of non-ortho nitro benzene ring substituents is 1. The van der Waals surface area contributed by atoms with Gasteiger partial charge in [-0.2, -0.15) is 0 Å². The summed E-state index contributed by atoms with van der Waals surface area (Å²) >= 11 is 1.98. The largest absolute Gasteiger partial charge is 0.380 e. The Labute approximate surface area is 131 Å². The fraction of sp³-hybridized carbons (Fsp3) is 0.462. The van der Waals surface area contributed by atoms with Gasteiger partial charge in [-0.1, -0.05) is 13.3 Å². The lowest BCUT2D eigenvalue weighted by molar-refractivity contribution is -0.384. The molecule has 6 nitrogen and oxygen atoms in total. The van der Waals surface area contributed by atoms with Crippen LogP contribution >= 0.6 is 22.6 Å². The van der Waals surface area contributed by atoms with Gasteiger partial charge in [0.25, 0.3) is 11.6 Å². The van der Waals surface area contributed by atoms with Crippen LogP contribution in [0.3, 0.4) is 0 Å². The standard InChI is InChI=1S/C13H17IN2O4/c1-2-3-7-20-8-6-15-13(17)11-9-10(16(18)19)4-5-12(11)14/h4-5,9H,2-3,6-8H2,1H3,(H,15,17). The second-order valence-electron chi connectivity index (χ2n) is 4.14. The molecule has 0 fully saturated rings. The van der Waals surface area contributed by atoms with E-state index in [1.54, 1.807) is 6.07 Å². The number of nitrogens with one attached hydrogen (secondary N) is 1. The third-order valence-electron chi connectivity index (χ3n) is 2.58. The highest BCUT2D eigenvalue weighted by molar-refractivity contribution is 14.1. The Morgan fingerprint density at radius 3 is 2.85 bits per heavy atom. The number of rotatable bonds is 8. The van der Waals surface area contributed by atoms with Gasteiger partial charge in [-0.3, -0.25) is 14.9 Å². The average Bonchev–Trinajstić information content (AvgIpc) is 2.42. The molecule has 1 aromatic carbocycles. The second-order valence-corrected chi connectivity index (χ2v) is 5.31. The summed E-state index contributed by atoms with van der Waals surface area (Å²) in [4.78, 5) is 22.1. The SMILES string of the molecule is CCCCOCCNC(=O)c1cc([N+](=O)[O-])ccc1I. The van der Waals surface area contributed by atoms with E-state index < -0.39 is 4.92 Å². The van der Waals surface area contributed by atoms with E-state index in [2.05, 4.69) is 12.2 Å². The molecule has 0 bridgehead atoms. The van der Waals surface area contributed by atoms with Crippen molar-refractivity contribution in [2.45, 2.75) is 19.8 Å². The van der Waals surface area contributed by atoms with Crippen LogP contribution in [0.25, 0.3) is 0 Å². The normalized spacial score (nSPS) is 10.3. The number of hydrogen-bond acceptors (Lipinski definition) is 4. The molecule has 110 valence electrons. The number of carbonyl (C=O) groups excluding carboxylic acids is 1. The molecule has 0 saturated carbocycles. The van der Waals surface area contributed by atoms with Gasteiger partial charge in [0.2, 0.25) is 0 Å². The van der Waals surface area contributed by atoms with E-state index in [1.807, 2.05) is 22.6 Å². The summed E-state index contributed by atoms with van der Waals surface area (Å²) < 4.78 is 6.01. The van der Waals surface area contributed by atoms with Crippen molar-refractivity contribution >= 4 is 34.2 Å². The first-order valence-corrected chi connectivity index (χ1v) is 7.44. The number of nitrogens with zero attached hydrogens (tertiary/aromatic N) is 1. The molecule has 0 aromatic heterocycles. The Morgan fingerprint density at radius 1 is 1.45 bits per heavy atom. The van der Waals surface area contributed by atoms with Crippen molar-refractivity contribution in [3.05, 3.63) is 37.4 Å². The summed E-state index contributed by atoms with van der Waals surface area (Å²) in [5.41, 5.74) is 0.225. The van der Waals surface area contributed by atoms with Crippen molar-refractivity contribution < 1.29 is 14.5 Å². The van der Waals surface area contributed by atoms with Crippen LogP contribution in [0.2, 0.25) is 0 Å². The Bertz CT molecular complexity index is 479. The van der Waals surface area contributed by atoms with Crippen LogP contribution in [-0.2, 0) is 4.74 Å². The highest BCUT2D eigenvalue weighted by Gasteiger charge is 2.14. The van der Waals surface area contributed by atoms with E-state index >= 15 is 0 Å². The van der Waals surface area contributed by atoms with Crippen molar-refractivity contribution in [2.24, 2.45) is 0 Å². The van der Waals surface area contributed by atoms with Gasteiger partial charge in [-0.15, -0.1) is 0 Å². The van der Waals surface area contributed by atoms with E-state index in [0.717, 1.165) is 12.8 Å². The molecule has 1 N–H and O–H groups in total. The lowest BCUT2D eigenvalue weighted by atomic mass is 10.2. The predicted octanol–water partition coefficient (Wildman–Crippen LogP) is 2.75. The maximum Gasteiger partial charge on any atom is 0.270 e. The molecular formula is C13H17IN2O4. The first-order valence-electron chi connectivity index (χ1n) is 6.36. The zero-order valence-electron chi connectivity index (χ0n) is 11.2. The second kappa shape index (κ2) is 8.85. The lowest BCUT2D eigenvalue weighted by Gasteiger charge is -2.07. The van der Waals surface area contributed by atoms with Crippen LogP contribution in [0.15, 0.2) is 18.2 Å². The molecule has 0 heterocycles. The van der Waals surface area contributed by atoms with Gasteiger partial charge in [-0.25, -0.2) is 0 Å². The number of nitro groups is 1. The highest BCUT2D eigenvalue weighted by atomic mass is 127. The zero-order chi connectivity index (χ0) is 15.0. The molecule has 0 unspecified atom stereocenters. The third kappa shape index (κ3) is 5.41. The maximum atomic E-state index is 11.9. The molecule has 0 aliphatic rings. The molecule has 1 aromatic rings. The van der Waals surface area contributed by atoms with Gasteiger partial charge >= 0.3 is 0 Å². The van der Waals surface area contributed by atoms with Crippen LogP contribution in [0.4, 0.5) is 5.69 Å². The number of nitro benzene ring substituents is 1. The molecule has 0 spiro atoms. The Kier molecular flexibility index (Phi) is 7.45. The highest BCUT2D eigenvalue weighted by Crippen LogP contribution is 2.19. The van der Waals surface area contributed by atoms with E-state index in [-0.39, 0.29) is 11.6 Å². The van der Waals surface area contributed by atoms with Crippen molar-refractivity contribution in [3.8, 4) is 0 Å². The van der Waals surface area contributed by atoms with Crippen molar-refractivity contribution in [2.75, 3.05) is 19.8 Å². The molecule has 0 atom stereocenters. The molecular weight excluding hydrogens is 375 g/mol. The average molecular weight is 392 g/mol. The zero-order valence-corrected chi connectivity index (χ0v) is 13.4. The third-order valence-corrected chi connectivity index (χ3v) is 3.52. The monoisotopic (exact) mass is 392 g/mol. The van der Waals surface area contributed by atoms with Gasteiger partial charge in [-0.05, 0) is 35.1 Å². The number of ether oxygens (including phenoxy) is 1. The fourth-order valence-electron chi connectivity index (χ4n) is 1.48. The predicted molar refractivity (Wildman–Crippen MR) is 83.9 cm³/mol. The molecule has 20 heavy (non-hydrogen) atoms. The first-order chi connectivity index (χ1) is 9.56. The van der Waals surface area contributed by atoms with Crippen molar-refractivity contribution in [1.29, 1.82) is 0 Å². The molecule has 7 heteroatoms. The first kappa shape index (κ1) is 16.8. The van der Waals surface area contributed by atoms with Gasteiger partial charge in [0.15, 0.2) is 0 Å². The summed E-state index contributed by atoms with van der Waals surface area (Å²) in [6.07, 6.45) is 2.06. The molecule has 0 aliphatic heterocycles. The number of amides is 1. The smallest absolute Gasteiger partial charge is 0.270 e. The summed E-state index contributed by atoms with van der Waals surface area (Å²) in [6.45, 7) is 3.59. The number of halogens is 1. The van der Waals surface area contributed by atoms with Crippen molar-refractivity contribution in [3.63, 3.8) is 0 Å². The Balaban J connectivity index is 2.50. The van der Waals surface area contributed by atoms with Gasteiger partial charge in [0.1, 0.15) is 0 Å². The molecule has 0 saturated heterocycles. The summed E-state index contributed by atoms with van der Waals surface area (Å²) in [5.74, 6) is -0.322. The summed E-state index contributed by atoms with van der Waals surface area (Å²) in [5, 5.41) is 13.4. The summed E-state index contributed by atoms with van der Waals surface area (Å²) in [6, 6.07) is 4.23. The Hall–Kier alpha value is -1.22. The van der Waals surface area contributed by atoms with E-state index in [0.29, 0.717) is 28.9 Å². The lowest BCUT2D eigenvalue weighted by Crippen LogP contribution is -2.28. The Morgan fingerprint density at radius 2 is 2.20 bits per heavy atom. The van der Waals surface area contributed by atoms with E-state index in [4.69, 9.17) is 4.74 Å². The van der Waals surface area contributed by atoms with Crippen molar-refractivity contribution in [1.82, 2.24) is 5.32 Å². The molecule has 0 aliphatic carbocycles. The fourth-order valence-corrected chi connectivity index (χ4v) is 2.06. The van der Waals surface area contributed by atoms with Crippen LogP contribution in [-0.4, -0.2) is 30.6 Å². The van der Waals surface area contributed by atoms with Crippen LogP contribution < -0.4 is 5.32 Å². The minimum absolute atomic E-state index is 0.0882. The minimum Gasteiger partial charge on any atom is -0.380 e. The quantitative estimate of drug-likeness (QED) is 0.319. The summed E-state index contributed by atoms with van der Waals surface area (Å²) in [7, 11) is 0. The maximum absolute atomic E-state index is 11.9. The molecule has 1 amide bonds. The van der Waals surface area contributed by atoms with Crippen LogP contribution in [0.5, 0.6) is 0 Å². The van der Waals surface area contributed by atoms with Gasteiger partial charge in [0, 0.05) is 28.9 Å². The van der Waals surface area contributed by atoms with Gasteiger partial charge in [0.05, 0.1) is 17.1 Å². The topological polar surface area (TPSA) is 81.5 Å². The minimum atomic E-state index is -0.513. The van der Waals surface area contributed by atoms with Crippen LogP contribution in [0, 0.1) is 13.7 Å². The number of benzene rings is 1. The number of carbonyl (C=O) groups is 1. The van der Waals surface area contributed by atoms with E-state index in [1.165, 1.54) is 12.1 Å². The van der Waals surface area contributed by atoms with Gasteiger partial charge < -0.3 is 10.1 Å². The molecule has 1 rings (SSSR count). The number of unbranched alkanes of at least 4 members (excludes halogenated alkanes) is 1. The number of hydrogen-bond donors (Lipinski definition) is 1. The molecule has 0 radical (unpaired) electrons.